The van der Waals surface area contributed by atoms with Crippen molar-refractivity contribution in [3.63, 3.8) is 0 Å². The zero-order chi connectivity index (χ0) is 7.68. The lowest BCUT2D eigenvalue weighted by molar-refractivity contribution is 0.0240. The normalized spacial score (nSPS) is 29.9. The van der Waals surface area contributed by atoms with Crippen molar-refractivity contribution in [2.45, 2.75) is 25.4 Å². The van der Waals surface area contributed by atoms with Crippen LogP contribution in [-0.4, -0.2) is 16.2 Å². The maximum atomic E-state index is 9.28. The van der Waals surface area contributed by atoms with Crippen molar-refractivity contribution >= 4 is 11.3 Å². The summed E-state index contributed by atoms with van der Waals surface area (Å²) in [5.41, 5.74) is 2.99. The molecule has 1 aromatic heterocycles. The van der Waals surface area contributed by atoms with Gasteiger partial charge < -0.3 is 5.11 Å². The SMILES string of the molecule is OC1CCC1Cc1cscn1. The molecular formula is C8H11NOS. The van der Waals surface area contributed by atoms with Crippen LogP contribution in [0.2, 0.25) is 0 Å². The summed E-state index contributed by atoms with van der Waals surface area (Å²) in [5, 5.41) is 11.3. The third-order valence-corrected chi connectivity index (χ3v) is 2.97. The van der Waals surface area contributed by atoms with Crippen LogP contribution >= 0.6 is 11.3 Å². The highest BCUT2D eigenvalue weighted by molar-refractivity contribution is 7.07. The molecule has 1 aromatic rings. The highest BCUT2D eigenvalue weighted by Crippen LogP contribution is 2.30. The van der Waals surface area contributed by atoms with Gasteiger partial charge in [-0.15, -0.1) is 11.3 Å². The first kappa shape index (κ1) is 7.25. The molecule has 0 amide bonds. The number of aliphatic hydroxyl groups is 1. The molecule has 1 saturated carbocycles. The van der Waals surface area contributed by atoms with E-state index in [2.05, 4.69) is 10.4 Å². The minimum Gasteiger partial charge on any atom is -0.393 e. The van der Waals surface area contributed by atoms with Crippen molar-refractivity contribution in [1.82, 2.24) is 4.98 Å². The van der Waals surface area contributed by atoms with Gasteiger partial charge >= 0.3 is 0 Å². The second kappa shape index (κ2) is 2.91. The number of thiazole rings is 1. The Morgan fingerprint density at radius 2 is 2.55 bits per heavy atom. The molecule has 0 aliphatic heterocycles. The van der Waals surface area contributed by atoms with Crippen LogP contribution in [0.25, 0.3) is 0 Å². The lowest BCUT2D eigenvalue weighted by Crippen LogP contribution is -2.32. The van der Waals surface area contributed by atoms with Crippen molar-refractivity contribution in [2.24, 2.45) is 5.92 Å². The number of hydrogen-bond donors (Lipinski definition) is 1. The maximum Gasteiger partial charge on any atom is 0.0794 e. The van der Waals surface area contributed by atoms with Gasteiger partial charge in [-0.2, -0.15) is 0 Å². The van der Waals surface area contributed by atoms with E-state index in [1.54, 1.807) is 11.3 Å². The molecule has 3 heteroatoms. The molecule has 2 atom stereocenters. The van der Waals surface area contributed by atoms with Crippen LogP contribution in [0.1, 0.15) is 18.5 Å². The zero-order valence-corrected chi connectivity index (χ0v) is 7.05. The van der Waals surface area contributed by atoms with Gasteiger partial charge in [0.1, 0.15) is 0 Å². The summed E-state index contributed by atoms with van der Waals surface area (Å²) in [7, 11) is 0. The van der Waals surface area contributed by atoms with Crippen LogP contribution in [0.5, 0.6) is 0 Å². The number of hydrogen-bond acceptors (Lipinski definition) is 3. The molecule has 1 N–H and O–H groups in total. The van der Waals surface area contributed by atoms with Gasteiger partial charge in [-0.3, -0.25) is 0 Å². The third-order valence-electron chi connectivity index (χ3n) is 2.33. The topological polar surface area (TPSA) is 33.1 Å². The minimum atomic E-state index is -0.0586. The number of aromatic nitrogens is 1. The van der Waals surface area contributed by atoms with Crippen molar-refractivity contribution in [3.8, 4) is 0 Å². The maximum absolute atomic E-state index is 9.28. The van der Waals surface area contributed by atoms with E-state index in [1.165, 1.54) is 6.42 Å². The molecule has 1 aliphatic carbocycles. The molecule has 2 unspecified atom stereocenters. The van der Waals surface area contributed by atoms with Gasteiger partial charge in [0.15, 0.2) is 0 Å². The van der Waals surface area contributed by atoms with Crippen LogP contribution in [0.15, 0.2) is 10.9 Å². The summed E-state index contributed by atoms with van der Waals surface area (Å²) in [4.78, 5) is 4.18. The van der Waals surface area contributed by atoms with Crippen LogP contribution in [0, 0.1) is 5.92 Å². The average molecular weight is 169 g/mol. The van der Waals surface area contributed by atoms with E-state index in [-0.39, 0.29) is 6.10 Å². The first-order chi connectivity index (χ1) is 5.36. The Hall–Kier alpha value is -0.410. The monoisotopic (exact) mass is 169 g/mol. The fourth-order valence-electron chi connectivity index (χ4n) is 1.40. The molecule has 0 spiro atoms. The summed E-state index contributed by atoms with van der Waals surface area (Å²) in [5.74, 6) is 0.483. The van der Waals surface area contributed by atoms with Gasteiger partial charge in [0.2, 0.25) is 0 Å². The molecule has 0 saturated heterocycles. The molecule has 2 nitrogen and oxygen atoms in total. The Morgan fingerprint density at radius 1 is 1.64 bits per heavy atom. The number of rotatable bonds is 2. The van der Waals surface area contributed by atoms with Gasteiger partial charge in [0.25, 0.3) is 0 Å². The van der Waals surface area contributed by atoms with E-state index in [9.17, 15) is 5.11 Å². The van der Waals surface area contributed by atoms with Crippen molar-refractivity contribution < 1.29 is 5.11 Å². The van der Waals surface area contributed by atoms with E-state index in [4.69, 9.17) is 0 Å². The Labute approximate surface area is 69.9 Å². The molecule has 0 aromatic carbocycles. The first-order valence-electron chi connectivity index (χ1n) is 3.91. The van der Waals surface area contributed by atoms with Gasteiger partial charge in [-0.1, -0.05) is 0 Å². The summed E-state index contributed by atoms with van der Waals surface area (Å²) in [6, 6.07) is 0. The lowest BCUT2D eigenvalue weighted by atomic mass is 9.79. The third kappa shape index (κ3) is 1.44. The van der Waals surface area contributed by atoms with E-state index in [0.717, 1.165) is 18.5 Å². The highest BCUT2D eigenvalue weighted by Gasteiger charge is 2.28. The van der Waals surface area contributed by atoms with E-state index in [1.807, 2.05) is 5.51 Å². The second-order valence-electron chi connectivity index (χ2n) is 3.09. The molecule has 2 rings (SSSR count). The largest absolute Gasteiger partial charge is 0.393 e. The fraction of sp³-hybridized carbons (Fsp3) is 0.625. The van der Waals surface area contributed by atoms with Crippen molar-refractivity contribution in [1.29, 1.82) is 0 Å². The van der Waals surface area contributed by atoms with Crippen LogP contribution in [-0.2, 0) is 6.42 Å². The van der Waals surface area contributed by atoms with Gasteiger partial charge in [-0.25, -0.2) is 4.98 Å². The molecule has 1 heterocycles. The predicted molar refractivity (Wildman–Crippen MR) is 44.5 cm³/mol. The standard InChI is InChI=1S/C8H11NOS/c10-8-2-1-6(8)3-7-4-11-5-9-7/h4-6,8,10H,1-3H2. The zero-order valence-electron chi connectivity index (χ0n) is 6.23. The molecule has 0 bridgehead atoms. The second-order valence-corrected chi connectivity index (χ2v) is 3.81. The summed E-state index contributed by atoms with van der Waals surface area (Å²) in [6.07, 6.45) is 3.05. The van der Waals surface area contributed by atoms with Crippen LogP contribution in [0.4, 0.5) is 0 Å². The molecule has 1 fully saturated rings. The number of nitrogens with zero attached hydrogens (tertiary/aromatic N) is 1. The summed E-state index contributed by atoms with van der Waals surface area (Å²) >= 11 is 1.62. The molecular weight excluding hydrogens is 158 g/mol. The molecule has 11 heavy (non-hydrogen) atoms. The van der Waals surface area contributed by atoms with Gasteiger partial charge in [0, 0.05) is 5.38 Å². The smallest absolute Gasteiger partial charge is 0.0794 e. The number of aliphatic hydroxyl groups excluding tert-OH is 1. The fourth-order valence-corrected chi connectivity index (χ4v) is 1.97. The highest BCUT2D eigenvalue weighted by atomic mass is 32.1. The van der Waals surface area contributed by atoms with E-state index in [0.29, 0.717) is 5.92 Å². The molecule has 1 aliphatic rings. The molecule has 0 radical (unpaired) electrons. The van der Waals surface area contributed by atoms with E-state index >= 15 is 0 Å². The first-order valence-corrected chi connectivity index (χ1v) is 4.85. The van der Waals surface area contributed by atoms with Crippen LogP contribution in [0.3, 0.4) is 0 Å². The Balaban J connectivity index is 1.91. The van der Waals surface area contributed by atoms with Crippen molar-refractivity contribution in [2.75, 3.05) is 0 Å². The Morgan fingerprint density at radius 3 is 3.00 bits per heavy atom. The predicted octanol–water partition coefficient (Wildman–Crippen LogP) is 1.46. The lowest BCUT2D eigenvalue weighted by Gasteiger charge is -2.31. The Kier molecular flexibility index (Phi) is 1.92. The minimum absolute atomic E-state index is 0.0586. The summed E-state index contributed by atoms with van der Waals surface area (Å²) in [6.45, 7) is 0. The van der Waals surface area contributed by atoms with Crippen molar-refractivity contribution in [3.05, 3.63) is 16.6 Å². The van der Waals surface area contributed by atoms with Gasteiger partial charge in [0.05, 0.1) is 17.3 Å². The molecule has 60 valence electrons. The van der Waals surface area contributed by atoms with Crippen LogP contribution < -0.4 is 0 Å². The summed E-state index contributed by atoms with van der Waals surface area (Å²) < 4.78 is 0. The Bertz CT molecular complexity index is 222. The van der Waals surface area contributed by atoms with E-state index < -0.39 is 0 Å². The van der Waals surface area contributed by atoms with Gasteiger partial charge in [-0.05, 0) is 25.2 Å². The quantitative estimate of drug-likeness (QED) is 0.727. The average Bonchev–Trinajstić information content (AvgIpc) is 2.49.